The van der Waals surface area contributed by atoms with Gasteiger partial charge in [-0.2, -0.15) is 0 Å². The summed E-state index contributed by atoms with van der Waals surface area (Å²) in [4.78, 5) is 12.2. The number of fused-ring (bicyclic) bond motifs is 1. The average molecular weight is 310 g/mol. The summed E-state index contributed by atoms with van der Waals surface area (Å²) in [6, 6.07) is 7.66. The summed E-state index contributed by atoms with van der Waals surface area (Å²) < 4.78 is 5.37. The Bertz CT molecular complexity index is 547. The van der Waals surface area contributed by atoms with Crippen molar-refractivity contribution >= 4 is 32.8 Å². The number of para-hydroxylation sites is 1. The number of hydrogen-bond donors (Lipinski definition) is 1. The molecule has 4 heteroatoms. The van der Waals surface area contributed by atoms with Crippen LogP contribution in [0.5, 0.6) is 0 Å². The monoisotopic (exact) mass is 309 g/mol. The summed E-state index contributed by atoms with van der Waals surface area (Å²) in [6.07, 6.45) is 1.52. The molecule has 96 valence electrons. The lowest BCUT2D eigenvalue weighted by Gasteiger charge is -2.19. The van der Waals surface area contributed by atoms with Gasteiger partial charge in [0.1, 0.15) is 11.8 Å². The Labute approximate surface area is 115 Å². The third-order valence-electron chi connectivity index (χ3n) is 3.01. The Morgan fingerprint density at radius 2 is 2.11 bits per heavy atom. The van der Waals surface area contributed by atoms with Crippen LogP contribution in [0, 0.1) is 5.92 Å². The molecule has 1 unspecified atom stereocenters. The van der Waals surface area contributed by atoms with Crippen molar-refractivity contribution in [2.24, 2.45) is 5.92 Å². The zero-order valence-corrected chi connectivity index (χ0v) is 12.0. The lowest BCUT2D eigenvalue weighted by atomic mass is 10.1. The van der Waals surface area contributed by atoms with Crippen LogP contribution in [0.25, 0.3) is 11.0 Å². The Morgan fingerprint density at radius 3 is 2.78 bits per heavy atom. The van der Waals surface area contributed by atoms with Gasteiger partial charge in [0.25, 0.3) is 5.91 Å². The van der Waals surface area contributed by atoms with Crippen LogP contribution < -0.4 is 5.32 Å². The molecule has 0 aliphatic carbocycles. The lowest BCUT2D eigenvalue weighted by molar-refractivity contribution is 0.0932. The first-order chi connectivity index (χ1) is 8.63. The molecule has 1 N–H and O–H groups in total. The third-order valence-corrected chi connectivity index (χ3v) is 3.71. The summed E-state index contributed by atoms with van der Waals surface area (Å²) in [5.74, 6) is 0.296. The number of rotatable bonds is 4. The third kappa shape index (κ3) is 2.58. The highest BCUT2D eigenvalue weighted by Crippen LogP contribution is 2.21. The lowest BCUT2D eigenvalue weighted by Crippen LogP contribution is -2.39. The van der Waals surface area contributed by atoms with E-state index >= 15 is 0 Å². The maximum Gasteiger partial charge on any atom is 0.255 e. The van der Waals surface area contributed by atoms with Gasteiger partial charge in [-0.05, 0) is 12.0 Å². The van der Waals surface area contributed by atoms with Crippen molar-refractivity contribution in [1.29, 1.82) is 0 Å². The molecule has 18 heavy (non-hydrogen) atoms. The van der Waals surface area contributed by atoms with Gasteiger partial charge in [0, 0.05) is 16.8 Å². The molecule has 2 aromatic rings. The second kappa shape index (κ2) is 5.57. The number of carbonyl (C=O) groups excluding carboxylic acids is 1. The van der Waals surface area contributed by atoms with Gasteiger partial charge >= 0.3 is 0 Å². The SMILES string of the molecule is CC(C)C(CBr)NC(=O)c1coc2ccccc12. The van der Waals surface area contributed by atoms with E-state index in [0.717, 1.165) is 16.3 Å². The Morgan fingerprint density at radius 1 is 1.39 bits per heavy atom. The van der Waals surface area contributed by atoms with E-state index < -0.39 is 0 Å². The first-order valence-electron chi connectivity index (χ1n) is 5.96. The van der Waals surface area contributed by atoms with Crippen LogP contribution in [0.3, 0.4) is 0 Å². The molecule has 1 heterocycles. The topological polar surface area (TPSA) is 42.2 Å². The van der Waals surface area contributed by atoms with E-state index in [4.69, 9.17) is 4.42 Å². The maximum absolute atomic E-state index is 12.2. The minimum absolute atomic E-state index is 0.0851. The van der Waals surface area contributed by atoms with Crippen LogP contribution in [0.4, 0.5) is 0 Å². The van der Waals surface area contributed by atoms with E-state index in [1.807, 2.05) is 24.3 Å². The van der Waals surface area contributed by atoms with Gasteiger partial charge in [0.15, 0.2) is 0 Å². The number of nitrogens with one attached hydrogen (secondary N) is 1. The number of benzene rings is 1. The number of hydrogen-bond acceptors (Lipinski definition) is 2. The van der Waals surface area contributed by atoms with Crippen LogP contribution in [-0.2, 0) is 0 Å². The fourth-order valence-electron chi connectivity index (χ4n) is 1.78. The maximum atomic E-state index is 12.2. The molecule has 1 amide bonds. The standard InChI is InChI=1S/C14H16BrNO2/c1-9(2)12(7-15)16-14(17)11-8-18-13-6-4-3-5-10(11)13/h3-6,8-9,12H,7H2,1-2H3,(H,16,17). The van der Waals surface area contributed by atoms with E-state index in [1.165, 1.54) is 6.26 Å². The number of furan rings is 1. The van der Waals surface area contributed by atoms with Gasteiger partial charge in [-0.3, -0.25) is 4.79 Å². The van der Waals surface area contributed by atoms with Crippen LogP contribution in [0.2, 0.25) is 0 Å². The molecule has 0 saturated heterocycles. The van der Waals surface area contributed by atoms with Crippen molar-refractivity contribution in [1.82, 2.24) is 5.32 Å². The van der Waals surface area contributed by atoms with Gasteiger partial charge in [-0.1, -0.05) is 48.0 Å². The number of alkyl halides is 1. The molecule has 0 radical (unpaired) electrons. The van der Waals surface area contributed by atoms with Crippen molar-refractivity contribution < 1.29 is 9.21 Å². The van der Waals surface area contributed by atoms with E-state index in [9.17, 15) is 4.79 Å². The predicted octanol–water partition coefficient (Wildman–Crippen LogP) is 3.58. The molecule has 0 aliphatic rings. The summed E-state index contributed by atoms with van der Waals surface area (Å²) in [5.41, 5.74) is 1.33. The number of carbonyl (C=O) groups is 1. The van der Waals surface area contributed by atoms with E-state index in [2.05, 4.69) is 35.1 Å². The summed E-state index contributed by atoms with van der Waals surface area (Å²) in [6.45, 7) is 4.17. The molecule has 1 aromatic carbocycles. The van der Waals surface area contributed by atoms with Crippen LogP contribution in [0.15, 0.2) is 34.9 Å². The van der Waals surface area contributed by atoms with E-state index in [-0.39, 0.29) is 11.9 Å². The zero-order valence-electron chi connectivity index (χ0n) is 10.4. The van der Waals surface area contributed by atoms with Gasteiger partial charge in [0.05, 0.1) is 5.56 Å². The van der Waals surface area contributed by atoms with Crippen molar-refractivity contribution in [2.45, 2.75) is 19.9 Å². The van der Waals surface area contributed by atoms with Crippen molar-refractivity contribution in [3.63, 3.8) is 0 Å². The highest BCUT2D eigenvalue weighted by atomic mass is 79.9. The number of amides is 1. The fourth-order valence-corrected chi connectivity index (χ4v) is 2.69. The first kappa shape index (κ1) is 13.1. The summed E-state index contributed by atoms with van der Waals surface area (Å²) in [5, 5.41) is 4.61. The molecule has 0 aliphatic heterocycles. The molecule has 0 spiro atoms. The van der Waals surface area contributed by atoms with Gasteiger partial charge < -0.3 is 9.73 Å². The molecule has 1 aromatic heterocycles. The van der Waals surface area contributed by atoms with Gasteiger partial charge in [-0.15, -0.1) is 0 Å². The Balaban J connectivity index is 2.23. The normalized spacial score (nSPS) is 12.9. The summed E-state index contributed by atoms with van der Waals surface area (Å²) >= 11 is 3.42. The number of halogens is 1. The second-order valence-corrected chi connectivity index (χ2v) is 5.27. The van der Waals surface area contributed by atoms with Crippen molar-refractivity contribution in [3.8, 4) is 0 Å². The van der Waals surface area contributed by atoms with Crippen LogP contribution >= 0.6 is 15.9 Å². The molecule has 0 bridgehead atoms. The first-order valence-corrected chi connectivity index (χ1v) is 7.08. The molecule has 0 fully saturated rings. The Hall–Kier alpha value is -1.29. The Kier molecular flexibility index (Phi) is 4.07. The largest absolute Gasteiger partial charge is 0.463 e. The quantitative estimate of drug-likeness (QED) is 0.877. The van der Waals surface area contributed by atoms with Crippen molar-refractivity contribution in [2.75, 3.05) is 5.33 Å². The molecule has 1 atom stereocenters. The predicted molar refractivity (Wildman–Crippen MR) is 76.1 cm³/mol. The molecule has 0 saturated carbocycles. The van der Waals surface area contributed by atoms with Crippen LogP contribution in [0.1, 0.15) is 24.2 Å². The van der Waals surface area contributed by atoms with E-state index in [0.29, 0.717) is 11.5 Å². The molecule has 2 rings (SSSR count). The van der Waals surface area contributed by atoms with Gasteiger partial charge in [0.2, 0.25) is 0 Å². The highest BCUT2D eigenvalue weighted by Gasteiger charge is 2.18. The van der Waals surface area contributed by atoms with Crippen molar-refractivity contribution in [3.05, 3.63) is 36.1 Å². The van der Waals surface area contributed by atoms with E-state index in [1.54, 1.807) is 0 Å². The van der Waals surface area contributed by atoms with Gasteiger partial charge in [-0.25, -0.2) is 0 Å². The average Bonchev–Trinajstić information content (AvgIpc) is 2.79. The van der Waals surface area contributed by atoms with Crippen LogP contribution in [-0.4, -0.2) is 17.3 Å². The summed E-state index contributed by atoms with van der Waals surface area (Å²) in [7, 11) is 0. The zero-order chi connectivity index (χ0) is 13.1. The molecule has 3 nitrogen and oxygen atoms in total. The highest BCUT2D eigenvalue weighted by molar-refractivity contribution is 9.09. The molecular formula is C14H16BrNO2. The minimum atomic E-state index is -0.0851. The smallest absolute Gasteiger partial charge is 0.255 e. The fraction of sp³-hybridized carbons (Fsp3) is 0.357. The second-order valence-electron chi connectivity index (χ2n) is 4.62. The minimum Gasteiger partial charge on any atom is -0.463 e. The molecular weight excluding hydrogens is 294 g/mol.